The molecule has 3 N–H and O–H groups in total. The number of nitrogens with two attached hydrogens (primary N) is 1. The maximum Gasteiger partial charge on any atom is 0.257 e. The third-order valence-corrected chi connectivity index (χ3v) is 3.43. The molecular weight excluding hydrogens is 320 g/mol. The van der Waals surface area contributed by atoms with Gasteiger partial charge in [-0.05, 0) is 48.9 Å². The Kier molecular flexibility index (Phi) is 4.29. The Balaban J connectivity index is 2.25. The van der Waals surface area contributed by atoms with Crippen LogP contribution in [0.4, 0.5) is 11.4 Å². The van der Waals surface area contributed by atoms with Crippen LogP contribution in [-0.2, 0) is 0 Å². The van der Waals surface area contributed by atoms with Crippen molar-refractivity contribution in [2.24, 2.45) is 0 Å². The molecule has 0 heterocycles. The van der Waals surface area contributed by atoms with Crippen LogP contribution in [0.25, 0.3) is 0 Å². The number of carbonyl (C=O) groups excluding carboxylic acids is 1. The third-order valence-electron chi connectivity index (χ3n) is 2.94. The zero-order chi connectivity index (χ0) is 14.7. The highest BCUT2D eigenvalue weighted by Crippen LogP contribution is 2.23. The third kappa shape index (κ3) is 3.11. The van der Waals surface area contributed by atoms with Crippen molar-refractivity contribution in [1.82, 2.24) is 0 Å². The van der Waals surface area contributed by atoms with Crippen molar-refractivity contribution < 1.29 is 9.53 Å². The molecular formula is C15H15BrN2O2. The number of hydrogen-bond donors (Lipinski definition) is 2. The van der Waals surface area contributed by atoms with Gasteiger partial charge in [0.1, 0.15) is 5.75 Å². The van der Waals surface area contributed by atoms with Crippen LogP contribution in [0.2, 0.25) is 0 Å². The van der Waals surface area contributed by atoms with Gasteiger partial charge in [-0.1, -0.05) is 15.9 Å². The highest BCUT2D eigenvalue weighted by molar-refractivity contribution is 9.10. The predicted octanol–water partition coefficient (Wildman–Crippen LogP) is 3.60. The van der Waals surface area contributed by atoms with Crippen molar-refractivity contribution in [2.75, 3.05) is 18.2 Å². The number of methoxy groups -OCH3 is 1. The Bertz CT molecular complexity index is 656. The summed E-state index contributed by atoms with van der Waals surface area (Å²) in [5, 5.41) is 2.85. The van der Waals surface area contributed by atoms with Gasteiger partial charge in [0.25, 0.3) is 5.91 Å². The first-order valence-corrected chi connectivity index (χ1v) is 6.81. The van der Waals surface area contributed by atoms with Crippen molar-refractivity contribution in [2.45, 2.75) is 6.92 Å². The van der Waals surface area contributed by atoms with Gasteiger partial charge in [-0.3, -0.25) is 4.79 Å². The van der Waals surface area contributed by atoms with Crippen LogP contribution in [-0.4, -0.2) is 13.0 Å². The minimum absolute atomic E-state index is 0.239. The minimum Gasteiger partial charge on any atom is -0.497 e. The topological polar surface area (TPSA) is 64.3 Å². The van der Waals surface area contributed by atoms with Gasteiger partial charge in [0, 0.05) is 15.8 Å². The van der Waals surface area contributed by atoms with Crippen molar-refractivity contribution in [3.63, 3.8) is 0 Å². The first kappa shape index (κ1) is 14.4. The first-order chi connectivity index (χ1) is 9.51. The van der Waals surface area contributed by atoms with Crippen LogP contribution < -0.4 is 15.8 Å². The quantitative estimate of drug-likeness (QED) is 0.843. The summed E-state index contributed by atoms with van der Waals surface area (Å²) >= 11 is 3.33. The largest absolute Gasteiger partial charge is 0.497 e. The van der Waals surface area contributed by atoms with E-state index < -0.39 is 0 Å². The average Bonchev–Trinajstić information content (AvgIpc) is 2.43. The number of ether oxygens (including phenoxy) is 1. The summed E-state index contributed by atoms with van der Waals surface area (Å²) in [6.07, 6.45) is 0. The average molecular weight is 335 g/mol. The molecule has 104 valence electrons. The second-order valence-corrected chi connectivity index (χ2v) is 5.28. The SMILES string of the molecule is COc1ccc(NC(=O)c2cc(Br)ccc2N)c(C)c1. The van der Waals surface area contributed by atoms with Crippen LogP contribution in [0.15, 0.2) is 40.9 Å². The fourth-order valence-electron chi connectivity index (χ4n) is 1.82. The molecule has 0 fully saturated rings. The van der Waals surface area contributed by atoms with Crippen LogP contribution in [0.3, 0.4) is 0 Å². The Labute approximate surface area is 126 Å². The summed E-state index contributed by atoms with van der Waals surface area (Å²) in [4.78, 5) is 12.3. The summed E-state index contributed by atoms with van der Waals surface area (Å²) < 4.78 is 5.94. The molecule has 0 spiro atoms. The van der Waals surface area contributed by atoms with E-state index >= 15 is 0 Å². The lowest BCUT2D eigenvalue weighted by Gasteiger charge is -2.11. The molecule has 0 unspecified atom stereocenters. The molecule has 2 aromatic rings. The number of nitrogen functional groups attached to an aromatic ring is 1. The maximum absolute atomic E-state index is 12.3. The van der Waals surface area contributed by atoms with E-state index in [1.165, 1.54) is 0 Å². The summed E-state index contributed by atoms with van der Waals surface area (Å²) in [6.45, 7) is 1.91. The van der Waals surface area contributed by atoms with E-state index in [0.717, 1.165) is 21.5 Å². The lowest BCUT2D eigenvalue weighted by molar-refractivity contribution is 0.102. The van der Waals surface area contributed by atoms with Gasteiger partial charge >= 0.3 is 0 Å². The number of nitrogens with one attached hydrogen (secondary N) is 1. The van der Waals surface area contributed by atoms with Crippen molar-refractivity contribution in [3.05, 3.63) is 52.0 Å². The van der Waals surface area contributed by atoms with E-state index in [1.54, 1.807) is 37.4 Å². The van der Waals surface area contributed by atoms with Gasteiger partial charge < -0.3 is 15.8 Å². The predicted molar refractivity (Wildman–Crippen MR) is 84.2 cm³/mol. The Morgan fingerprint density at radius 3 is 2.65 bits per heavy atom. The van der Waals surface area contributed by atoms with Crippen LogP contribution >= 0.6 is 15.9 Å². The Hall–Kier alpha value is -2.01. The number of carbonyl (C=O) groups is 1. The summed E-state index contributed by atoms with van der Waals surface area (Å²) in [5.41, 5.74) is 8.36. The van der Waals surface area contributed by atoms with Crippen molar-refractivity contribution in [3.8, 4) is 5.75 Å². The lowest BCUT2D eigenvalue weighted by Crippen LogP contribution is -2.14. The van der Waals surface area contributed by atoms with E-state index in [-0.39, 0.29) is 5.91 Å². The fraction of sp³-hybridized carbons (Fsp3) is 0.133. The van der Waals surface area contributed by atoms with Crippen molar-refractivity contribution >= 4 is 33.2 Å². The number of anilines is 2. The summed E-state index contributed by atoms with van der Waals surface area (Å²) in [5.74, 6) is 0.513. The number of aryl methyl sites for hydroxylation is 1. The van der Waals surface area contributed by atoms with Crippen LogP contribution in [0.1, 0.15) is 15.9 Å². The zero-order valence-electron chi connectivity index (χ0n) is 11.2. The number of rotatable bonds is 3. The monoisotopic (exact) mass is 334 g/mol. The molecule has 0 saturated carbocycles. The van der Waals surface area contributed by atoms with Gasteiger partial charge in [-0.15, -0.1) is 0 Å². The molecule has 0 bridgehead atoms. The molecule has 20 heavy (non-hydrogen) atoms. The van der Waals surface area contributed by atoms with Gasteiger partial charge in [0.15, 0.2) is 0 Å². The van der Waals surface area contributed by atoms with Gasteiger partial charge in [0.2, 0.25) is 0 Å². The second kappa shape index (κ2) is 5.96. The fourth-order valence-corrected chi connectivity index (χ4v) is 2.18. The number of benzene rings is 2. The molecule has 0 aliphatic heterocycles. The summed E-state index contributed by atoms with van der Waals surface area (Å²) in [7, 11) is 1.61. The summed E-state index contributed by atoms with van der Waals surface area (Å²) in [6, 6.07) is 10.7. The molecule has 2 rings (SSSR count). The zero-order valence-corrected chi connectivity index (χ0v) is 12.8. The van der Waals surface area contributed by atoms with Crippen LogP contribution in [0, 0.1) is 6.92 Å². The Morgan fingerprint density at radius 2 is 2.00 bits per heavy atom. The molecule has 4 nitrogen and oxygen atoms in total. The molecule has 0 radical (unpaired) electrons. The van der Waals surface area contributed by atoms with Crippen LogP contribution in [0.5, 0.6) is 5.75 Å². The molecule has 0 aliphatic rings. The van der Waals surface area contributed by atoms with E-state index in [1.807, 2.05) is 13.0 Å². The molecule has 0 atom stereocenters. The molecule has 0 aliphatic carbocycles. The van der Waals surface area contributed by atoms with Gasteiger partial charge in [-0.25, -0.2) is 0 Å². The smallest absolute Gasteiger partial charge is 0.257 e. The number of halogens is 1. The normalized spacial score (nSPS) is 10.2. The van der Waals surface area contributed by atoms with E-state index in [0.29, 0.717) is 11.3 Å². The highest BCUT2D eigenvalue weighted by Gasteiger charge is 2.12. The number of amides is 1. The minimum atomic E-state index is -0.239. The van der Waals surface area contributed by atoms with E-state index in [9.17, 15) is 4.79 Å². The number of hydrogen-bond acceptors (Lipinski definition) is 3. The van der Waals surface area contributed by atoms with Gasteiger partial charge in [-0.2, -0.15) is 0 Å². The molecule has 0 aromatic heterocycles. The van der Waals surface area contributed by atoms with E-state index in [4.69, 9.17) is 10.5 Å². The van der Waals surface area contributed by atoms with Gasteiger partial charge in [0.05, 0.1) is 12.7 Å². The molecule has 1 amide bonds. The first-order valence-electron chi connectivity index (χ1n) is 6.02. The molecule has 2 aromatic carbocycles. The molecule has 5 heteroatoms. The highest BCUT2D eigenvalue weighted by atomic mass is 79.9. The van der Waals surface area contributed by atoms with Crippen molar-refractivity contribution in [1.29, 1.82) is 0 Å². The second-order valence-electron chi connectivity index (χ2n) is 4.37. The molecule has 0 saturated heterocycles. The lowest BCUT2D eigenvalue weighted by atomic mass is 10.1. The standard InChI is InChI=1S/C15H15BrN2O2/c1-9-7-11(20-2)4-6-14(9)18-15(19)12-8-10(16)3-5-13(12)17/h3-8H,17H2,1-2H3,(H,18,19). The van der Waals surface area contributed by atoms with E-state index in [2.05, 4.69) is 21.2 Å². The Morgan fingerprint density at radius 1 is 1.25 bits per heavy atom. The maximum atomic E-state index is 12.3.